The Balaban J connectivity index is 2.03. The molecular weight excluding hydrogens is 212 g/mol. The molecule has 1 rings (SSSR count). The van der Waals surface area contributed by atoms with Crippen molar-refractivity contribution >= 4 is 0 Å². The summed E-state index contributed by atoms with van der Waals surface area (Å²) in [4.78, 5) is 0. The fourth-order valence-corrected chi connectivity index (χ4v) is 2.10. The van der Waals surface area contributed by atoms with Gasteiger partial charge in [-0.15, -0.1) is 0 Å². The predicted molar refractivity (Wildman–Crippen MR) is 71.0 cm³/mol. The van der Waals surface area contributed by atoms with Crippen molar-refractivity contribution in [2.75, 3.05) is 0 Å². The summed E-state index contributed by atoms with van der Waals surface area (Å²) in [6, 6.07) is 1.92. The Hall–Kier alpha value is -0.760. The van der Waals surface area contributed by atoms with E-state index in [4.69, 9.17) is 4.42 Å². The average molecular weight is 238 g/mol. The molecule has 1 unspecified atom stereocenters. The van der Waals surface area contributed by atoms with E-state index < -0.39 is 0 Å². The SMILES string of the molecule is CCCCCCCCCC(O)c1coc(C)c1. The van der Waals surface area contributed by atoms with Gasteiger partial charge in [0.2, 0.25) is 0 Å². The van der Waals surface area contributed by atoms with Crippen molar-refractivity contribution in [3.63, 3.8) is 0 Å². The third-order valence-corrected chi connectivity index (χ3v) is 3.22. The molecular formula is C15H26O2. The van der Waals surface area contributed by atoms with Crippen LogP contribution in [0.3, 0.4) is 0 Å². The molecule has 1 heterocycles. The molecule has 0 fully saturated rings. The summed E-state index contributed by atoms with van der Waals surface area (Å²) in [7, 11) is 0. The van der Waals surface area contributed by atoms with Crippen molar-refractivity contribution in [3.05, 3.63) is 23.7 Å². The van der Waals surface area contributed by atoms with Gasteiger partial charge in [0.1, 0.15) is 5.76 Å². The van der Waals surface area contributed by atoms with Crippen molar-refractivity contribution in [2.45, 2.75) is 71.3 Å². The number of hydrogen-bond donors (Lipinski definition) is 1. The van der Waals surface area contributed by atoms with E-state index in [0.29, 0.717) is 0 Å². The Morgan fingerprint density at radius 3 is 2.35 bits per heavy atom. The molecule has 2 heteroatoms. The second kappa shape index (κ2) is 8.35. The fourth-order valence-electron chi connectivity index (χ4n) is 2.10. The molecule has 0 saturated carbocycles. The van der Waals surface area contributed by atoms with Crippen LogP contribution >= 0.6 is 0 Å². The van der Waals surface area contributed by atoms with Gasteiger partial charge in [0, 0.05) is 5.56 Å². The Morgan fingerprint density at radius 1 is 1.12 bits per heavy atom. The largest absolute Gasteiger partial charge is 0.469 e. The predicted octanol–water partition coefficient (Wildman–Crippen LogP) is 4.76. The van der Waals surface area contributed by atoms with Gasteiger partial charge in [-0.1, -0.05) is 51.9 Å². The van der Waals surface area contributed by atoms with E-state index in [2.05, 4.69) is 6.92 Å². The van der Waals surface area contributed by atoms with Crippen LogP contribution in [0.1, 0.15) is 75.7 Å². The fraction of sp³-hybridized carbons (Fsp3) is 0.733. The minimum Gasteiger partial charge on any atom is -0.469 e. The minimum atomic E-state index is -0.344. The van der Waals surface area contributed by atoms with Crippen molar-refractivity contribution in [1.82, 2.24) is 0 Å². The van der Waals surface area contributed by atoms with Crippen molar-refractivity contribution < 1.29 is 9.52 Å². The van der Waals surface area contributed by atoms with Crippen LogP contribution in [0.4, 0.5) is 0 Å². The lowest BCUT2D eigenvalue weighted by molar-refractivity contribution is 0.162. The van der Waals surface area contributed by atoms with Crippen LogP contribution in [0.25, 0.3) is 0 Å². The molecule has 1 atom stereocenters. The first-order valence-corrected chi connectivity index (χ1v) is 6.97. The molecule has 1 aromatic rings. The van der Waals surface area contributed by atoms with E-state index in [0.717, 1.165) is 24.2 Å². The third-order valence-electron chi connectivity index (χ3n) is 3.22. The molecule has 0 amide bonds. The van der Waals surface area contributed by atoms with Crippen LogP contribution in [-0.2, 0) is 0 Å². The van der Waals surface area contributed by atoms with E-state index in [-0.39, 0.29) is 6.10 Å². The highest BCUT2D eigenvalue weighted by atomic mass is 16.3. The first kappa shape index (κ1) is 14.3. The topological polar surface area (TPSA) is 33.4 Å². The Kier molecular flexibility index (Phi) is 7.02. The van der Waals surface area contributed by atoms with Gasteiger partial charge in [0.15, 0.2) is 0 Å². The van der Waals surface area contributed by atoms with Crippen LogP contribution in [0.5, 0.6) is 0 Å². The standard InChI is InChI=1S/C15H26O2/c1-3-4-5-6-7-8-9-10-15(16)14-11-13(2)17-12-14/h11-12,15-16H,3-10H2,1-2H3. The van der Waals surface area contributed by atoms with Crippen LogP contribution in [-0.4, -0.2) is 5.11 Å². The van der Waals surface area contributed by atoms with Gasteiger partial charge in [-0.05, 0) is 19.4 Å². The molecule has 0 aliphatic rings. The highest BCUT2D eigenvalue weighted by molar-refractivity contribution is 5.14. The maximum absolute atomic E-state index is 9.91. The molecule has 17 heavy (non-hydrogen) atoms. The van der Waals surface area contributed by atoms with E-state index in [1.807, 2.05) is 13.0 Å². The van der Waals surface area contributed by atoms with Gasteiger partial charge >= 0.3 is 0 Å². The monoisotopic (exact) mass is 238 g/mol. The number of rotatable bonds is 9. The molecule has 1 aromatic heterocycles. The zero-order chi connectivity index (χ0) is 12.5. The summed E-state index contributed by atoms with van der Waals surface area (Å²) in [5.41, 5.74) is 0.925. The molecule has 98 valence electrons. The molecule has 0 saturated heterocycles. The number of aliphatic hydroxyl groups is 1. The Labute approximate surface area is 105 Å². The maximum atomic E-state index is 9.91. The lowest BCUT2D eigenvalue weighted by Crippen LogP contribution is -1.95. The summed E-state index contributed by atoms with van der Waals surface area (Å²) in [5, 5.41) is 9.91. The molecule has 0 aliphatic heterocycles. The van der Waals surface area contributed by atoms with Gasteiger partial charge in [-0.2, -0.15) is 0 Å². The second-order valence-electron chi connectivity index (χ2n) is 4.92. The highest BCUT2D eigenvalue weighted by Gasteiger charge is 2.09. The van der Waals surface area contributed by atoms with Gasteiger partial charge in [0.05, 0.1) is 12.4 Å². The lowest BCUT2D eigenvalue weighted by Gasteiger charge is -2.07. The summed E-state index contributed by atoms with van der Waals surface area (Å²) in [6.45, 7) is 4.15. The van der Waals surface area contributed by atoms with E-state index in [9.17, 15) is 5.11 Å². The second-order valence-corrected chi connectivity index (χ2v) is 4.92. The summed E-state index contributed by atoms with van der Waals surface area (Å²) < 4.78 is 5.20. The minimum absolute atomic E-state index is 0.344. The number of aliphatic hydroxyl groups excluding tert-OH is 1. The van der Waals surface area contributed by atoms with Crippen molar-refractivity contribution in [2.24, 2.45) is 0 Å². The molecule has 0 aromatic carbocycles. The summed E-state index contributed by atoms with van der Waals surface area (Å²) in [5.74, 6) is 0.874. The summed E-state index contributed by atoms with van der Waals surface area (Å²) >= 11 is 0. The van der Waals surface area contributed by atoms with Crippen LogP contribution in [0.2, 0.25) is 0 Å². The maximum Gasteiger partial charge on any atom is 0.101 e. The lowest BCUT2D eigenvalue weighted by atomic mass is 10.0. The summed E-state index contributed by atoms with van der Waals surface area (Å²) in [6.07, 6.45) is 11.2. The first-order chi connectivity index (χ1) is 8.24. The van der Waals surface area contributed by atoms with Crippen molar-refractivity contribution in [1.29, 1.82) is 0 Å². The smallest absolute Gasteiger partial charge is 0.101 e. The number of furan rings is 1. The van der Waals surface area contributed by atoms with Crippen LogP contribution in [0.15, 0.2) is 16.7 Å². The number of hydrogen-bond acceptors (Lipinski definition) is 2. The molecule has 0 aliphatic carbocycles. The molecule has 1 N–H and O–H groups in total. The quantitative estimate of drug-likeness (QED) is 0.629. The van der Waals surface area contributed by atoms with E-state index >= 15 is 0 Å². The number of unbranched alkanes of at least 4 members (excludes halogenated alkanes) is 6. The Morgan fingerprint density at radius 2 is 1.76 bits per heavy atom. The average Bonchev–Trinajstić information content (AvgIpc) is 2.74. The first-order valence-electron chi connectivity index (χ1n) is 6.97. The van der Waals surface area contributed by atoms with Gasteiger partial charge < -0.3 is 9.52 Å². The molecule has 0 radical (unpaired) electrons. The Bertz CT molecular complexity index is 291. The van der Waals surface area contributed by atoms with Gasteiger partial charge in [0.25, 0.3) is 0 Å². The number of aryl methyl sites for hydroxylation is 1. The zero-order valence-corrected chi connectivity index (χ0v) is 11.2. The van der Waals surface area contributed by atoms with E-state index in [1.54, 1.807) is 6.26 Å². The normalized spacial score (nSPS) is 12.9. The van der Waals surface area contributed by atoms with E-state index in [1.165, 1.54) is 38.5 Å². The zero-order valence-electron chi connectivity index (χ0n) is 11.2. The van der Waals surface area contributed by atoms with Crippen LogP contribution < -0.4 is 0 Å². The van der Waals surface area contributed by atoms with Crippen molar-refractivity contribution in [3.8, 4) is 0 Å². The van der Waals surface area contributed by atoms with Crippen LogP contribution in [0, 0.1) is 6.92 Å². The molecule has 2 nitrogen and oxygen atoms in total. The highest BCUT2D eigenvalue weighted by Crippen LogP contribution is 2.22. The molecule has 0 bridgehead atoms. The third kappa shape index (κ3) is 5.92. The molecule has 0 spiro atoms. The van der Waals surface area contributed by atoms with Gasteiger partial charge in [-0.25, -0.2) is 0 Å². The van der Waals surface area contributed by atoms with Gasteiger partial charge in [-0.3, -0.25) is 0 Å².